The van der Waals surface area contributed by atoms with Crippen LogP contribution in [0.3, 0.4) is 0 Å². The molecule has 2 aromatic rings. The molecule has 0 saturated heterocycles. The van der Waals surface area contributed by atoms with Gasteiger partial charge in [0.1, 0.15) is 6.04 Å². The number of aromatic nitrogens is 1. The van der Waals surface area contributed by atoms with E-state index in [1.54, 1.807) is 0 Å². The van der Waals surface area contributed by atoms with Crippen molar-refractivity contribution in [3.8, 4) is 0 Å². The van der Waals surface area contributed by atoms with Crippen molar-refractivity contribution in [2.45, 2.75) is 24.8 Å². The summed E-state index contributed by atoms with van der Waals surface area (Å²) in [5.41, 5.74) is 0.107. The Labute approximate surface area is 127 Å². The van der Waals surface area contributed by atoms with Crippen molar-refractivity contribution in [3.63, 3.8) is 0 Å². The number of nitrogens with zero attached hydrogens (tertiary/aromatic N) is 1. The van der Waals surface area contributed by atoms with E-state index in [4.69, 9.17) is 0 Å². The minimum Gasteiger partial charge on any atom is -0.358 e. The molecular weight excluding hydrogens is 322 g/mol. The van der Waals surface area contributed by atoms with Crippen LogP contribution in [0.5, 0.6) is 0 Å². The first-order valence-electron chi connectivity index (χ1n) is 6.77. The standard InChI is InChI=1S/C15H12F6N2/c1-23-12(15(19,20)21)4-2-3-11-13(23)9-7-8(14(16,17)18)5-6-10(9)22-11/h2,4-7,12,22H,3H2,1H3. The van der Waals surface area contributed by atoms with E-state index in [0.717, 1.165) is 23.1 Å². The van der Waals surface area contributed by atoms with E-state index in [2.05, 4.69) is 4.98 Å². The molecule has 1 aliphatic heterocycles. The first-order valence-corrected chi connectivity index (χ1v) is 6.77. The molecule has 1 aromatic carbocycles. The van der Waals surface area contributed by atoms with E-state index in [-0.39, 0.29) is 17.5 Å². The molecule has 1 N–H and O–H groups in total. The SMILES string of the molecule is CN1c2c([nH]c3ccc(C(F)(F)F)cc23)CC=CC1C(F)(F)F. The zero-order valence-corrected chi connectivity index (χ0v) is 11.9. The summed E-state index contributed by atoms with van der Waals surface area (Å²) in [7, 11) is 1.24. The summed E-state index contributed by atoms with van der Waals surface area (Å²) in [4.78, 5) is 3.88. The Morgan fingerprint density at radius 3 is 2.43 bits per heavy atom. The van der Waals surface area contributed by atoms with E-state index in [1.807, 2.05) is 0 Å². The molecule has 2 heterocycles. The van der Waals surface area contributed by atoms with Crippen molar-refractivity contribution < 1.29 is 26.3 Å². The highest BCUT2D eigenvalue weighted by atomic mass is 19.4. The maximum Gasteiger partial charge on any atom is 0.416 e. The molecule has 1 unspecified atom stereocenters. The fourth-order valence-corrected chi connectivity index (χ4v) is 2.87. The third kappa shape index (κ3) is 2.66. The van der Waals surface area contributed by atoms with Crippen LogP contribution in [0.1, 0.15) is 11.3 Å². The van der Waals surface area contributed by atoms with Crippen molar-refractivity contribution in [2.24, 2.45) is 0 Å². The van der Waals surface area contributed by atoms with Gasteiger partial charge in [-0.2, -0.15) is 26.3 Å². The van der Waals surface area contributed by atoms with E-state index in [0.29, 0.717) is 11.2 Å². The van der Waals surface area contributed by atoms with Crippen LogP contribution in [0, 0.1) is 0 Å². The van der Waals surface area contributed by atoms with Gasteiger partial charge in [-0.15, -0.1) is 0 Å². The van der Waals surface area contributed by atoms with Crippen LogP contribution >= 0.6 is 0 Å². The predicted octanol–water partition coefficient (Wildman–Crippen LogP) is 4.67. The second-order valence-corrected chi connectivity index (χ2v) is 5.44. The molecular formula is C15H12F6N2. The quantitative estimate of drug-likeness (QED) is 0.548. The Morgan fingerprint density at radius 1 is 1.13 bits per heavy atom. The van der Waals surface area contributed by atoms with Gasteiger partial charge in [0, 0.05) is 30.1 Å². The van der Waals surface area contributed by atoms with Crippen molar-refractivity contribution in [2.75, 3.05) is 11.9 Å². The maximum atomic E-state index is 13.2. The van der Waals surface area contributed by atoms with Gasteiger partial charge in [0.05, 0.1) is 11.3 Å². The van der Waals surface area contributed by atoms with Crippen LogP contribution in [0.4, 0.5) is 32.0 Å². The number of hydrogen-bond acceptors (Lipinski definition) is 1. The maximum absolute atomic E-state index is 13.2. The fourth-order valence-electron chi connectivity index (χ4n) is 2.87. The zero-order valence-electron chi connectivity index (χ0n) is 11.9. The van der Waals surface area contributed by atoms with Gasteiger partial charge in [-0.1, -0.05) is 12.2 Å². The molecule has 0 saturated carbocycles. The summed E-state index contributed by atoms with van der Waals surface area (Å²) in [5, 5.41) is 0.135. The smallest absolute Gasteiger partial charge is 0.358 e. The lowest BCUT2D eigenvalue weighted by molar-refractivity contribution is -0.138. The Balaban J connectivity index is 2.20. The monoisotopic (exact) mass is 334 g/mol. The number of fused-ring (bicyclic) bond motifs is 3. The number of H-pyrrole nitrogens is 1. The molecule has 1 aromatic heterocycles. The average molecular weight is 334 g/mol. The largest absolute Gasteiger partial charge is 0.416 e. The van der Waals surface area contributed by atoms with Crippen LogP contribution in [0.25, 0.3) is 10.9 Å². The third-order valence-electron chi connectivity index (χ3n) is 3.92. The van der Waals surface area contributed by atoms with Gasteiger partial charge >= 0.3 is 12.4 Å². The van der Waals surface area contributed by atoms with E-state index in [1.165, 1.54) is 19.2 Å². The number of nitrogens with one attached hydrogen (secondary N) is 1. The molecule has 0 spiro atoms. The Bertz CT molecular complexity index is 769. The molecule has 124 valence electrons. The van der Waals surface area contributed by atoms with Crippen molar-refractivity contribution in [1.82, 2.24) is 4.98 Å². The molecule has 0 aliphatic carbocycles. The summed E-state index contributed by atoms with van der Waals surface area (Å²) in [6.45, 7) is 0. The van der Waals surface area contributed by atoms with Crippen molar-refractivity contribution >= 4 is 16.6 Å². The predicted molar refractivity (Wildman–Crippen MR) is 74.4 cm³/mol. The lowest BCUT2D eigenvalue weighted by atomic mass is 10.1. The van der Waals surface area contributed by atoms with Crippen LogP contribution in [0.2, 0.25) is 0 Å². The third-order valence-corrected chi connectivity index (χ3v) is 3.92. The first kappa shape index (κ1) is 15.8. The normalized spacial score (nSPS) is 19.1. The molecule has 3 rings (SSSR count). The summed E-state index contributed by atoms with van der Waals surface area (Å²) >= 11 is 0. The summed E-state index contributed by atoms with van der Waals surface area (Å²) < 4.78 is 78.1. The van der Waals surface area contributed by atoms with Gasteiger partial charge in [-0.3, -0.25) is 0 Å². The average Bonchev–Trinajstić information content (AvgIpc) is 2.69. The molecule has 2 nitrogen and oxygen atoms in total. The number of rotatable bonds is 0. The summed E-state index contributed by atoms with van der Waals surface area (Å²) in [6.07, 6.45) is -6.47. The van der Waals surface area contributed by atoms with Gasteiger partial charge in [-0.25, -0.2) is 0 Å². The Kier molecular flexibility index (Phi) is 3.38. The lowest BCUT2D eigenvalue weighted by Gasteiger charge is -2.28. The zero-order chi connectivity index (χ0) is 17.0. The highest BCUT2D eigenvalue weighted by molar-refractivity contribution is 5.96. The van der Waals surface area contributed by atoms with E-state index in [9.17, 15) is 26.3 Å². The molecule has 8 heteroatoms. The molecule has 1 atom stereocenters. The number of hydrogen-bond donors (Lipinski definition) is 1. The van der Waals surface area contributed by atoms with Crippen LogP contribution in [0.15, 0.2) is 30.4 Å². The van der Waals surface area contributed by atoms with Crippen LogP contribution in [-0.4, -0.2) is 24.2 Å². The number of benzene rings is 1. The lowest BCUT2D eigenvalue weighted by Crippen LogP contribution is -2.42. The van der Waals surface area contributed by atoms with E-state index < -0.39 is 24.0 Å². The van der Waals surface area contributed by atoms with Gasteiger partial charge in [0.25, 0.3) is 0 Å². The van der Waals surface area contributed by atoms with Crippen LogP contribution < -0.4 is 4.90 Å². The summed E-state index contributed by atoms with van der Waals surface area (Å²) in [6, 6.07) is 1.17. The highest BCUT2D eigenvalue weighted by Crippen LogP contribution is 2.40. The minimum absolute atomic E-state index is 0.135. The number of likely N-dealkylation sites (N-methyl/N-ethyl adjacent to an activating group) is 1. The second kappa shape index (κ2) is 4.94. The Morgan fingerprint density at radius 2 is 1.83 bits per heavy atom. The molecule has 0 bridgehead atoms. The van der Waals surface area contributed by atoms with Gasteiger partial charge in [-0.05, 0) is 18.2 Å². The van der Waals surface area contributed by atoms with Gasteiger partial charge < -0.3 is 9.88 Å². The molecule has 0 radical (unpaired) electrons. The number of alkyl halides is 6. The van der Waals surface area contributed by atoms with Crippen molar-refractivity contribution in [3.05, 3.63) is 41.6 Å². The molecule has 0 fully saturated rings. The molecule has 1 aliphatic rings. The summed E-state index contributed by atoms with van der Waals surface area (Å²) in [5.74, 6) is 0. The van der Waals surface area contributed by atoms with Crippen LogP contribution in [-0.2, 0) is 12.6 Å². The number of halogens is 6. The number of allylic oxidation sites excluding steroid dienone is 1. The fraction of sp³-hybridized carbons (Fsp3) is 0.333. The number of anilines is 1. The highest BCUT2D eigenvalue weighted by Gasteiger charge is 2.42. The first-order chi connectivity index (χ1) is 10.6. The van der Waals surface area contributed by atoms with E-state index >= 15 is 0 Å². The second-order valence-electron chi connectivity index (χ2n) is 5.44. The van der Waals surface area contributed by atoms with Gasteiger partial charge in [0.15, 0.2) is 0 Å². The molecule has 23 heavy (non-hydrogen) atoms. The number of aromatic amines is 1. The van der Waals surface area contributed by atoms with Crippen molar-refractivity contribution in [1.29, 1.82) is 0 Å². The molecule has 0 amide bonds. The van der Waals surface area contributed by atoms with Gasteiger partial charge in [0.2, 0.25) is 0 Å². The minimum atomic E-state index is -4.55. The topological polar surface area (TPSA) is 19.0 Å². The Hall–Kier alpha value is -2.12.